The van der Waals surface area contributed by atoms with Gasteiger partial charge in [0.05, 0.1) is 16.5 Å². The first-order valence-electron chi connectivity index (χ1n) is 9.90. The quantitative estimate of drug-likeness (QED) is 0.431. The molecule has 2 aliphatic rings. The second-order valence-corrected chi connectivity index (χ2v) is 9.83. The highest BCUT2D eigenvalue weighted by Crippen LogP contribution is 2.44. The molecule has 1 aliphatic carbocycles. The molecule has 7 nitrogen and oxygen atoms in total. The molecular formula is C20H23N5O2S2. The molecule has 3 aromatic heterocycles. The van der Waals surface area contributed by atoms with Crippen molar-refractivity contribution in [3.05, 3.63) is 28.9 Å². The first-order valence-corrected chi connectivity index (χ1v) is 11.5. The van der Waals surface area contributed by atoms with Crippen LogP contribution in [-0.4, -0.2) is 46.2 Å². The molecule has 4 heterocycles. The van der Waals surface area contributed by atoms with Crippen molar-refractivity contribution < 1.29 is 9.90 Å². The van der Waals surface area contributed by atoms with Crippen molar-refractivity contribution in [1.82, 2.24) is 20.6 Å². The fraction of sp³-hybridized carbons (Fsp3) is 0.450. The summed E-state index contributed by atoms with van der Waals surface area (Å²) in [5, 5.41) is 21.4. The maximum atomic E-state index is 12.6. The molecule has 0 spiro atoms. The summed E-state index contributed by atoms with van der Waals surface area (Å²) in [7, 11) is 0. The van der Waals surface area contributed by atoms with Crippen LogP contribution in [0.5, 0.6) is 0 Å². The molecule has 1 aliphatic heterocycles. The Morgan fingerprint density at radius 2 is 2.24 bits per heavy atom. The Hall–Kier alpha value is -1.91. The van der Waals surface area contributed by atoms with E-state index in [1.54, 1.807) is 35.1 Å². The van der Waals surface area contributed by atoms with Gasteiger partial charge in [0.15, 0.2) is 0 Å². The van der Waals surface area contributed by atoms with E-state index in [4.69, 9.17) is 4.98 Å². The predicted molar refractivity (Wildman–Crippen MR) is 116 cm³/mol. The monoisotopic (exact) mass is 429 g/mol. The molecule has 5 rings (SSSR count). The van der Waals surface area contributed by atoms with E-state index in [0.717, 1.165) is 58.1 Å². The number of hydrogen-bond acceptors (Lipinski definition) is 8. The number of nitrogens with zero attached hydrogens (tertiary/aromatic N) is 2. The van der Waals surface area contributed by atoms with Crippen LogP contribution in [0.2, 0.25) is 0 Å². The fourth-order valence-electron chi connectivity index (χ4n) is 3.57. The number of rotatable bonds is 7. The van der Waals surface area contributed by atoms with Gasteiger partial charge in [0.25, 0.3) is 0 Å². The van der Waals surface area contributed by atoms with E-state index in [1.807, 2.05) is 6.07 Å². The summed E-state index contributed by atoms with van der Waals surface area (Å²) in [6.45, 7) is 2.88. The van der Waals surface area contributed by atoms with Crippen molar-refractivity contribution >= 4 is 43.8 Å². The minimum atomic E-state index is -0.537. The molecule has 0 saturated heterocycles. The number of carbonyl (C=O) groups excluding carboxylic acids is 1. The number of carbonyl (C=O) groups is 1. The van der Waals surface area contributed by atoms with E-state index in [2.05, 4.69) is 20.9 Å². The SMILES string of the molecule is O=C(CCNCC1(O)CC1)Nc1sc2c(c1-c1nc3cnccc3s1)CCNC2. The van der Waals surface area contributed by atoms with Crippen LogP contribution in [0, 0.1) is 0 Å². The summed E-state index contributed by atoms with van der Waals surface area (Å²) >= 11 is 3.29. The van der Waals surface area contributed by atoms with Crippen LogP contribution in [0.25, 0.3) is 20.8 Å². The lowest BCUT2D eigenvalue weighted by molar-refractivity contribution is -0.116. The lowest BCUT2D eigenvalue weighted by Crippen LogP contribution is -2.30. The highest BCUT2D eigenvalue weighted by molar-refractivity contribution is 7.22. The molecule has 1 fully saturated rings. The summed E-state index contributed by atoms with van der Waals surface area (Å²) < 4.78 is 1.10. The maximum absolute atomic E-state index is 12.6. The molecule has 4 N–H and O–H groups in total. The van der Waals surface area contributed by atoms with Gasteiger partial charge in [0.2, 0.25) is 5.91 Å². The Morgan fingerprint density at radius 1 is 1.34 bits per heavy atom. The van der Waals surface area contributed by atoms with Gasteiger partial charge in [0.1, 0.15) is 15.5 Å². The summed E-state index contributed by atoms with van der Waals surface area (Å²) in [5.41, 5.74) is 2.72. The maximum Gasteiger partial charge on any atom is 0.226 e. The average molecular weight is 430 g/mol. The van der Waals surface area contributed by atoms with Gasteiger partial charge in [-0.15, -0.1) is 22.7 Å². The number of anilines is 1. The normalized spacial score (nSPS) is 17.3. The molecule has 1 saturated carbocycles. The molecule has 9 heteroatoms. The van der Waals surface area contributed by atoms with E-state index in [9.17, 15) is 9.90 Å². The predicted octanol–water partition coefficient (Wildman–Crippen LogP) is 2.51. The summed E-state index contributed by atoms with van der Waals surface area (Å²) in [6, 6.07) is 1.98. The van der Waals surface area contributed by atoms with Gasteiger partial charge in [0, 0.05) is 42.7 Å². The standard InChI is InChI=1S/C20H23N5O2S2/c26-16(3-8-23-11-20(27)4-5-20)25-19-17(12-1-6-22-10-15(12)29-19)18-24-13-9-21-7-2-14(13)28-18/h2,7,9,22-23,27H,1,3-6,8,10-11H2,(H,25,26). The summed E-state index contributed by atoms with van der Waals surface area (Å²) in [6.07, 6.45) is 6.58. The van der Waals surface area contributed by atoms with Crippen LogP contribution >= 0.6 is 22.7 Å². The Labute approximate surface area is 176 Å². The zero-order valence-electron chi connectivity index (χ0n) is 16.0. The van der Waals surface area contributed by atoms with E-state index < -0.39 is 5.60 Å². The van der Waals surface area contributed by atoms with Crippen molar-refractivity contribution in [3.8, 4) is 10.6 Å². The minimum Gasteiger partial charge on any atom is -0.389 e. The zero-order chi connectivity index (χ0) is 19.8. The molecule has 1 amide bonds. The highest BCUT2D eigenvalue weighted by Gasteiger charge is 2.39. The number of amides is 1. The second kappa shape index (κ2) is 7.73. The highest BCUT2D eigenvalue weighted by atomic mass is 32.1. The molecule has 152 valence electrons. The van der Waals surface area contributed by atoms with Crippen LogP contribution in [0.15, 0.2) is 18.5 Å². The number of hydrogen-bond donors (Lipinski definition) is 4. The Morgan fingerprint density at radius 3 is 3.07 bits per heavy atom. The Balaban J connectivity index is 1.36. The third-order valence-corrected chi connectivity index (χ3v) is 7.60. The molecule has 0 unspecified atom stereocenters. The van der Waals surface area contributed by atoms with Gasteiger partial charge in [-0.3, -0.25) is 9.78 Å². The summed E-state index contributed by atoms with van der Waals surface area (Å²) in [4.78, 5) is 22.8. The van der Waals surface area contributed by atoms with Gasteiger partial charge in [-0.2, -0.15) is 0 Å². The number of fused-ring (bicyclic) bond motifs is 2. The average Bonchev–Trinajstić information content (AvgIpc) is 3.14. The lowest BCUT2D eigenvalue weighted by Gasteiger charge is -2.13. The molecule has 0 radical (unpaired) electrons. The third-order valence-electron chi connectivity index (χ3n) is 5.39. The number of aromatic nitrogens is 2. The van der Waals surface area contributed by atoms with E-state index in [0.29, 0.717) is 19.5 Å². The smallest absolute Gasteiger partial charge is 0.226 e. The number of aliphatic hydroxyl groups is 1. The molecule has 3 aromatic rings. The van der Waals surface area contributed by atoms with Crippen LogP contribution in [0.1, 0.15) is 29.7 Å². The molecule has 29 heavy (non-hydrogen) atoms. The van der Waals surface area contributed by atoms with E-state index >= 15 is 0 Å². The third kappa shape index (κ3) is 4.06. The van der Waals surface area contributed by atoms with Gasteiger partial charge >= 0.3 is 0 Å². The van der Waals surface area contributed by atoms with Crippen LogP contribution < -0.4 is 16.0 Å². The van der Waals surface area contributed by atoms with Crippen molar-refractivity contribution in [2.75, 3.05) is 25.0 Å². The Bertz CT molecular complexity index is 1020. The molecule has 0 aromatic carbocycles. The first kappa shape index (κ1) is 19.1. The van der Waals surface area contributed by atoms with E-state index in [-0.39, 0.29) is 5.91 Å². The van der Waals surface area contributed by atoms with Crippen molar-refractivity contribution in [2.45, 2.75) is 37.8 Å². The molecule has 0 bridgehead atoms. The Kier molecular flexibility index (Phi) is 5.09. The lowest BCUT2D eigenvalue weighted by atomic mass is 10.0. The second-order valence-electron chi connectivity index (χ2n) is 7.70. The van der Waals surface area contributed by atoms with Crippen molar-refractivity contribution in [1.29, 1.82) is 0 Å². The minimum absolute atomic E-state index is 0.0177. The van der Waals surface area contributed by atoms with Gasteiger partial charge < -0.3 is 21.1 Å². The van der Waals surface area contributed by atoms with E-state index in [1.165, 1.54) is 10.4 Å². The zero-order valence-corrected chi connectivity index (χ0v) is 17.6. The first-order chi connectivity index (χ1) is 14.1. The topological polar surface area (TPSA) is 99.2 Å². The van der Waals surface area contributed by atoms with Crippen molar-refractivity contribution in [3.63, 3.8) is 0 Å². The number of nitrogens with one attached hydrogen (secondary N) is 3. The van der Waals surface area contributed by atoms with Crippen LogP contribution in [0.4, 0.5) is 5.00 Å². The van der Waals surface area contributed by atoms with Gasteiger partial charge in [-0.05, 0) is 37.4 Å². The molecular weight excluding hydrogens is 406 g/mol. The van der Waals surface area contributed by atoms with Crippen LogP contribution in [-0.2, 0) is 17.8 Å². The number of thiophene rings is 1. The summed E-state index contributed by atoms with van der Waals surface area (Å²) in [5.74, 6) is -0.0177. The largest absolute Gasteiger partial charge is 0.389 e. The fourth-order valence-corrected chi connectivity index (χ4v) is 5.88. The number of thiazole rings is 1. The van der Waals surface area contributed by atoms with Crippen molar-refractivity contribution in [2.24, 2.45) is 0 Å². The molecule has 0 atom stereocenters. The van der Waals surface area contributed by atoms with Crippen LogP contribution in [0.3, 0.4) is 0 Å². The van der Waals surface area contributed by atoms with Gasteiger partial charge in [-0.1, -0.05) is 0 Å². The number of pyridine rings is 1. The van der Waals surface area contributed by atoms with Gasteiger partial charge in [-0.25, -0.2) is 4.98 Å².